The van der Waals surface area contributed by atoms with E-state index in [2.05, 4.69) is 0 Å². The van der Waals surface area contributed by atoms with Gasteiger partial charge in [-0.2, -0.15) is 0 Å². The zero-order valence-corrected chi connectivity index (χ0v) is 12.4. The second kappa shape index (κ2) is 4.96. The molecule has 0 aliphatic carbocycles. The quantitative estimate of drug-likeness (QED) is 0.743. The number of aryl methyl sites for hydroxylation is 1. The minimum atomic E-state index is -0.553. The molecule has 0 radical (unpaired) electrons. The fourth-order valence-corrected chi connectivity index (χ4v) is 2.36. The molecule has 1 heterocycles. The van der Waals surface area contributed by atoms with Gasteiger partial charge in [0.25, 0.3) is 0 Å². The SMILES string of the molecule is Cc1cc(F)c2c(c1N)CCN(C(=O)OC(C)(C)C)C2. The molecule has 1 aromatic rings. The van der Waals surface area contributed by atoms with Gasteiger partial charge in [-0.15, -0.1) is 0 Å². The molecule has 0 unspecified atom stereocenters. The highest BCUT2D eigenvalue weighted by Gasteiger charge is 2.28. The van der Waals surface area contributed by atoms with E-state index in [1.54, 1.807) is 6.92 Å². The van der Waals surface area contributed by atoms with E-state index >= 15 is 0 Å². The number of amides is 1. The van der Waals surface area contributed by atoms with Crippen LogP contribution in [0.5, 0.6) is 0 Å². The standard InChI is InChI=1S/C15H21FN2O2/c1-9-7-12(16)11-8-18(6-5-10(11)13(9)17)14(19)20-15(2,3)4/h7H,5-6,8,17H2,1-4H3. The lowest BCUT2D eigenvalue weighted by molar-refractivity contribution is 0.0222. The molecular formula is C15H21FN2O2. The summed E-state index contributed by atoms with van der Waals surface area (Å²) in [5, 5.41) is 0. The third kappa shape index (κ3) is 2.86. The summed E-state index contributed by atoms with van der Waals surface area (Å²) in [6.45, 7) is 7.93. The molecular weight excluding hydrogens is 259 g/mol. The Hall–Kier alpha value is -1.78. The van der Waals surface area contributed by atoms with Gasteiger partial charge in [-0.3, -0.25) is 0 Å². The summed E-state index contributed by atoms with van der Waals surface area (Å²) < 4.78 is 19.4. The summed E-state index contributed by atoms with van der Waals surface area (Å²) in [6.07, 6.45) is 0.139. The number of fused-ring (bicyclic) bond motifs is 1. The third-order valence-corrected chi connectivity index (χ3v) is 3.38. The molecule has 1 amide bonds. The Bertz CT molecular complexity index is 550. The molecule has 0 atom stereocenters. The second-order valence-electron chi connectivity index (χ2n) is 6.20. The van der Waals surface area contributed by atoms with Crippen molar-refractivity contribution in [3.63, 3.8) is 0 Å². The molecule has 1 aliphatic heterocycles. The number of rotatable bonds is 0. The van der Waals surface area contributed by atoms with Crippen LogP contribution < -0.4 is 5.73 Å². The number of nitrogens with two attached hydrogens (primary N) is 1. The number of benzene rings is 1. The number of halogens is 1. The van der Waals surface area contributed by atoms with Crippen molar-refractivity contribution in [2.75, 3.05) is 12.3 Å². The van der Waals surface area contributed by atoms with Crippen molar-refractivity contribution in [2.24, 2.45) is 0 Å². The number of hydrogen-bond donors (Lipinski definition) is 1. The molecule has 110 valence electrons. The van der Waals surface area contributed by atoms with Crippen LogP contribution in [0.3, 0.4) is 0 Å². The molecule has 5 heteroatoms. The van der Waals surface area contributed by atoms with E-state index in [1.165, 1.54) is 11.0 Å². The molecule has 20 heavy (non-hydrogen) atoms. The number of hydrogen-bond acceptors (Lipinski definition) is 3. The fraction of sp³-hybridized carbons (Fsp3) is 0.533. The van der Waals surface area contributed by atoms with Crippen LogP contribution in [0.4, 0.5) is 14.9 Å². The molecule has 1 aromatic carbocycles. The van der Waals surface area contributed by atoms with E-state index in [-0.39, 0.29) is 12.4 Å². The van der Waals surface area contributed by atoms with Gasteiger partial charge in [0.15, 0.2) is 0 Å². The van der Waals surface area contributed by atoms with Gasteiger partial charge in [-0.1, -0.05) is 0 Å². The summed E-state index contributed by atoms with van der Waals surface area (Å²) >= 11 is 0. The minimum Gasteiger partial charge on any atom is -0.444 e. The summed E-state index contributed by atoms with van der Waals surface area (Å²) in [7, 11) is 0. The van der Waals surface area contributed by atoms with Crippen LogP contribution in [0.1, 0.15) is 37.5 Å². The number of nitrogens with zero attached hydrogens (tertiary/aromatic N) is 1. The predicted octanol–water partition coefficient (Wildman–Crippen LogP) is 3.01. The minimum absolute atomic E-state index is 0.209. The van der Waals surface area contributed by atoms with Crippen molar-refractivity contribution in [3.05, 3.63) is 28.6 Å². The lowest BCUT2D eigenvalue weighted by atomic mass is 9.95. The van der Waals surface area contributed by atoms with E-state index in [9.17, 15) is 9.18 Å². The summed E-state index contributed by atoms with van der Waals surface area (Å²) in [4.78, 5) is 13.6. The third-order valence-electron chi connectivity index (χ3n) is 3.38. The molecule has 0 saturated carbocycles. The van der Waals surface area contributed by atoms with Gasteiger partial charge in [-0.25, -0.2) is 9.18 Å². The Morgan fingerprint density at radius 3 is 2.65 bits per heavy atom. The Morgan fingerprint density at radius 1 is 1.40 bits per heavy atom. The van der Waals surface area contributed by atoms with Crippen LogP contribution in [0, 0.1) is 12.7 Å². The molecule has 0 bridgehead atoms. The van der Waals surface area contributed by atoms with E-state index in [0.29, 0.717) is 24.2 Å². The number of carbonyl (C=O) groups excluding carboxylic acids is 1. The number of carbonyl (C=O) groups is 1. The molecule has 2 N–H and O–H groups in total. The normalized spacial score (nSPS) is 14.9. The second-order valence-corrected chi connectivity index (χ2v) is 6.20. The smallest absolute Gasteiger partial charge is 0.410 e. The van der Waals surface area contributed by atoms with E-state index < -0.39 is 11.7 Å². The van der Waals surface area contributed by atoms with Crippen molar-refractivity contribution in [1.82, 2.24) is 4.90 Å². The van der Waals surface area contributed by atoms with Crippen molar-refractivity contribution in [1.29, 1.82) is 0 Å². The zero-order valence-electron chi connectivity index (χ0n) is 12.4. The maximum absolute atomic E-state index is 14.1. The first-order valence-electron chi connectivity index (χ1n) is 6.73. The van der Waals surface area contributed by atoms with Crippen LogP contribution in [0.2, 0.25) is 0 Å². The van der Waals surface area contributed by atoms with Gasteiger partial charge in [0.1, 0.15) is 11.4 Å². The monoisotopic (exact) mass is 280 g/mol. The topological polar surface area (TPSA) is 55.6 Å². The Kier molecular flexibility index (Phi) is 3.63. The van der Waals surface area contributed by atoms with E-state index in [4.69, 9.17) is 10.5 Å². The summed E-state index contributed by atoms with van der Waals surface area (Å²) in [5.74, 6) is -0.306. The number of ether oxygens (including phenoxy) is 1. The van der Waals surface area contributed by atoms with Crippen molar-refractivity contribution < 1.29 is 13.9 Å². The molecule has 0 fully saturated rings. The average Bonchev–Trinajstić information content (AvgIpc) is 2.33. The van der Waals surface area contributed by atoms with Gasteiger partial charge in [0.05, 0.1) is 6.54 Å². The fourth-order valence-electron chi connectivity index (χ4n) is 2.36. The molecule has 1 aliphatic rings. The average molecular weight is 280 g/mol. The van der Waals surface area contributed by atoms with Crippen molar-refractivity contribution in [3.8, 4) is 0 Å². The van der Waals surface area contributed by atoms with E-state index in [1.807, 2.05) is 20.8 Å². The first-order valence-corrected chi connectivity index (χ1v) is 6.73. The predicted molar refractivity (Wildman–Crippen MR) is 75.9 cm³/mol. The lowest BCUT2D eigenvalue weighted by Crippen LogP contribution is -2.40. The van der Waals surface area contributed by atoms with Gasteiger partial charge < -0.3 is 15.4 Å². The highest BCUT2D eigenvalue weighted by molar-refractivity contribution is 5.69. The Labute approximate surface area is 118 Å². The van der Waals surface area contributed by atoms with Crippen LogP contribution >= 0.6 is 0 Å². The Morgan fingerprint density at radius 2 is 2.05 bits per heavy atom. The summed E-state index contributed by atoms with van der Waals surface area (Å²) in [6, 6.07) is 1.42. The largest absolute Gasteiger partial charge is 0.444 e. The van der Waals surface area contributed by atoms with Crippen LogP contribution in [0.25, 0.3) is 0 Å². The lowest BCUT2D eigenvalue weighted by Gasteiger charge is -2.32. The van der Waals surface area contributed by atoms with Gasteiger partial charge in [-0.05, 0) is 51.3 Å². The molecule has 0 saturated heterocycles. The highest BCUT2D eigenvalue weighted by Crippen LogP contribution is 2.30. The maximum atomic E-state index is 14.1. The first kappa shape index (κ1) is 14.6. The maximum Gasteiger partial charge on any atom is 0.410 e. The molecule has 2 rings (SSSR count). The number of nitrogen functional groups attached to an aromatic ring is 1. The van der Waals surface area contributed by atoms with Crippen LogP contribution in [-0.4, -0.2) is 23.1 Å². The molecule has 4 nitrogen and oxygen atoms in total. The molecule has 0 aromatic heterocycles. The first-order chi connectivity index (χ1) is 9.19. The van der Waals surface area contributed by atoms with Gasteiger partial charge >= 0.3 is 6.09 Å². The zero-order chi connectivity index (χ0) is 15.1. The van der Waals surface area contributed by atoms with Crippen molar-refractivity contribution >= 4 is 11.8 Å². The Balaban J connectivity index is 2.24. The van der Waals surface area contributed by atoms with Gasteiger partial charge in [0, 0.05) is 17.8 Å². The number of anilines is 1. The molecule has 0 spiro atoms. The van der Waals surface area contributed by atoms with E-state index in [0.717, 1.165) is 11.1 Å². The summed E-state index contributed by atoms with van der Waals surface area (Å²) in [5.41, 5.74) is 8.14. The van der Waals surface area contributed by atoms with Crippen LogP contribution in [-0.2, 0) is 17.7 Å². The van der Waals surface area contributed by atoms with Gasteiger partial charge in [0.2, 0.25) is 0 Å². The highest BCUT2D eigenvalue weighted by atomic mass is 19.1. The van der Waals surface area contributed by atoms with Crippen LogP contribution in [0.15, 0.2) is 6.07 Å². The van der Waals surface area contributed by atoms with Crippen molar-refractivity contribution in [2.45, 2.75) is 46.3 Å².